The van der Waals surface area contributed by atoms with Crippen LogP contribution in [0.5, 0.6) is 0 Å². The predicted octanol–water partition coefficient (Wildman–Crippen LogP) is 3.86. The largest absolute Gasteiger partial charge is 0.327 e. The van der Waals surface area contributed by atoms with Gasteiger partial charge in [-0.1, -0.05) is 36.6 Å². The van der Waals surface area contributed by atoms with Gasteiger partial charge in [-0.3, -0.25) is 14.4 Å². The Hall–Kier alpha value is -3.17. The molecule has 0 N–H and O–H groups in total. The molecule has 7 heteroatoms. The summed E-state index contributed by atoms with van der Waals surface area (Å²) in [4.78, 5) is 42.2. The van der Waals surface area contributed by atoms with Crippen LogP contribution in [0.1, 0.15) is 43.2 Å². The van der Waals surface area contributed by atoms with Crippen molar-refractivity contribution in [2.45, 2.75) is 50.6 Å². The number of hydrogen-bond acceptors (Lipinski definition) is 4. The fraction of sp³-hybridized carbons (Fsp3) is 0.333. The summed E-state index contributed by atoms with van der Waals surface area (Å²) in [6.07, 6.45) is 3.81. The maximum absolute atomic E-state index is 13.3. The van der Waals surface area contributed by atoms with Gasteiger partial charge in [-0.25, -0.2) is 4.90 Å². The van der Waals surface area contributed by atoms with Crippen LogP contribution in [0.3, 0.4) is 0 Å². The maximum Gasteiger partial charge on any atom is 0.257 e. The molecule has 4 rings (SSSR count). The first-order valence-electron chi connectivity index (χ1n) is 10.4. The van der Waals surface area contributed by atoms with Gasteiger partial charge >= 0.3 is 0 Å². The van der Waals surface area contributed by atoms with Crippen LogP contribution < -0.4 is 4.90 Å². The minimum absolute atomic E-state index is 0.0261. The summed E-state index contributed by atoms with van der Waals surface area (Å²) >= 11 is 5.95. The molecule has 1 saturated heterocycles. The molecule has 2 aromatic rings. The van der Waals surface area contributed by atoms with Gasteiger partial charge in [0.15, 0.2) is 0 Å². The van der Waals surface area contributed by atoms with Gasteiger partial charge in [0.2, 0.25) is 11.8 Å². The molecule has 0 radical (unpaired) electrons. The van der Waals surface area contributed by atoms with Gasteiger partial charge in [0.1, 0.15) is 6.04 Å². The molecule has 6 nitrogen and oxygen atoms in total. The molecule has 1 atom stereocenters. The highest BCUT2D eigenvalue weighted by atomic mass is 35.5. The highest BCUT2D eigenvalue weighted by molar-refractivity contribution is 6.30. The third-order valence-electron chi connectivity index (χ3n) is 5.99. The van der Waals surface area contributed by atoms with Crippen molar-refractivity contribution < 1.29 is 14.4 Å². The van der Waals surface area contributed by atoms with Gasteiger partial charge in [0.05, 0.1) is 30.2 Å². The van der Waals surface area contributed by atoms with Crippen molar-refractivity contribution in [3.8, 4) is 6.07 Å². The fourth-order valence-electron chi connectivity index (χ4n) is 4.47. The van der Waals surface area contributed by atoms with Gasteiger partial charge < -0.3 is 4.90 Å². The van der Waals surface area contributed by atoms with Crippen LogP contribution in [-0.2, 0) is 20.8 Å². The lowest BCUT2D eigenvalue weighted by Gasteiger charge is -2.33. The molecule has 158 valence electrons. The van der Waals surface area contributed by atoms with E-state index in [9.17, 15) is 14.4 Å². The second kappa shape index (κ2) is 8.91. The highest BCUT2D eigenvalue weighted by Gasteiger charge is 2.46. The van der Waals surface area contributed by atoms with E-state index in [1.165, 1.54) is 0 Å². The molecule has 2 fully saturated rings. The van der Waals surface area contributed by atoms with Gasteiger partial charge in [-0.15, -0.1) is 0 Å². The Morgan fingerprint density at radius 3 is 2.32 bits per heavy atom. The maximum atomic E-state index is 13.3. The van der Waals surface area contributed by atoms with Crippen molar-refractivity contribution in [2.75, 3.05) is 4.90 Å². The second-order valence-electron chi connectivity index (χ2n) is 7.99. The molecule has 1 unspecified atom stereocenters. The molecule has 2 aliphatic rings. The Kier molecular flexibility index (Phi) is 6.06. The number of rotatable bonds is 5. The molecule has 0 bridgehead atoms. The smallest absolute Gasteiger partial charge is 0.257 e. The number of amides is 3. The lowest BCUT2D eigenvalue weighted by molar-refractivity contribution is -0.140. The molecule has 1 heterocycles. The van der Waals surface area contributed by atoms with Gasteiger partial charge in [-0.05, 0) is 54.8 Å². The molecule has 31 heavy (non-hydrogen) atoms. The van der Waals surface area contributed by atoms with Crippen LogP contribution in [0.15, 0.2) is 48.5 Å². The number of nitriles is 1. The summed E-state index contributed by atoms with van der Waals surface area (Å²) < 4.78 is 0. The number of carbonyl (C=O) groups excluding carboxylic acids is 3. The summed E-state index contributed by atoms with van der Waals surface area (Å²) in [6, 6.07) is 14.6. The first-order valence-corrected chi connectivity index (χ1v) is 10.8. The average molecular weight is 436 g/mol. The molecule has 0 spiro atoms. The second-order valence-corrected chi connectivity index (χ2v) is 8.42. The molecule has 1 aliphatic carbocycles. The molecular formula is C24H22ClN3O3. The van der Waals surface area contributed by atoms with E-state index in [-0.39, 0.29) is 36.6 Å². The summed E-state index contributed by atoms with van der Waals surface area (Å²) in [5.74, 6) is -0.866. The van der Waals surface area contributed by atoms with E-state index in [4.69, 9.17) is 16.9 Å². The Balaban J connectivity index is 1.59. The van der Waals surface area contributed by atoms with Gasteiger partial charge in [-0.2, -0.15) is 5.26 Å². The van der Waals surface area contributed by atoms with Crippen LogP contribution in [0.4, 0.5) is 5.69 Å². The summed E-state index contributed by atoms with van der Waals surface area (Å²) in [7, 11) is 0. The Bertz CT molecular complexity index is 1040. The fourth-order valence-corrected chi connectivity index (χ4v) is 4.60. The molecule has 0 aromatic heterocycles. The van der Waals surface area contributed by atoms with E-state index in [0.717, 1.165) is 36.1 Å². The summed E-state index contributed by atoms with van der Waals surface area (Å²) in [5.41, 5.74) is 1.69. The zero-order valence-electron chi connectivity index (χ0n) is 17.0. The summed E-state index contributed by atoms with van der Waals surface area (Å²) in [5, 5.41) is 9.58. The number of hydrogen-bond donors (Lipinski definition) is 0. The van der Waals surface area contributed by atoms with Crippen molar-refractivity contribution in [1.82, 2.24) is 4.90 Å². The third-order valence-corrected chi connectivity index (χ3v) is 6.24. The normalized spacial score (nSPS) is 19.0. The standard InChI is InChI=1S/C24H22ClN3O3/c25-18-9-5-16(6-10-18)13-22(29)27(19-3-1-2-4-19)21-14-23(30)28(24(21)31)20-11-7-17(15-26)8-12-20/h5-12,19,21H,1-4,13-14H2. The van der Waals surface area contributed by atoms with Crippen LogP contribution in [0.2, 0.25) is 5.02 Å². The zero-order chi connectivity index (χ0) is 22.0. The Labute approximate surface area is 186 Å². The lowest BCUT2D eigenvalue weighted by Crippen LogP contribution is -2.50. The van der Waals surface area contributed by atoms with Crippen molar-refractivity contribution in [3.63, 3.8) is 0 Å². The molecule has 1 aliphatic heterocycles. The number of carbonyl (C=O) groups is 3. The van der Waals surface area contributed by atoms with Crippen LogP contribution >= 0.6 is 11.6 Å². The lowest BCUT2D eigenvalue weighted by atomic mass is 10.1. The SMILES string of the molecule is N#Cc1ccc(N2C(=O)CC(N(C(=O)Cc3ccc(Cl)cc3)C3CCCC3)C2=O)cc1. The zero-order valence-corrected chi connectivity index (χ0v) is 17.7. The number of imide groups is 1. The van der Waals surface area contributed by atoms with Crippen molar-refractivity contribution in [1.29, 1.82) is 5.26 Å². The molecule has 2 aromatic carbocycles. The molecule has 1 saturated carbocycles. The van der Waals surface area contributed by atoms with Crippen LogP contribution in [0.25, 0.3) is 0 Å². The van der Waals surface area contributed by atoms with Crippen molar-refractivity contribution in [2.24, 2.45) is 0 Å². The van der Waals surface area contributed by atoms with E-state index in [1.54, 1.807) is 53.4 Å². The molecule has 3 amide bonds. The predicted molar refractivity (Wildman–Crippen MR) is 116 cm³/mol. The first-order chi connectivity index (χ1) is 15.0. The quantitative estimate of drug-likeness (QED) is 0.668. The number of anilines is 1. The minimum atomic E-state index is -0.800. The van der Waals surface area contributed by atoms with Crippen molar-refractivity contribution in [3.05, 3.63) is 64.7 Å². The average Bonchev–Trinajstić information content (AvgIpc) is 3.39. The number of benzene rings is 2. The Morgan fingerprint density at radius 1 is 1.06 bits per heavy atom. The Morgan fingerprint density at radius 2 is 1.71 bits per heavy atom. The summed E-state index contributed by atoms with van der Waals surface area (Å²) in [6.45, 7) is 0. The number of nitrogens with zero attached hydrogens (tertiary/aromatic N) is 3. The van der Waals surface area contributed by atoms with Gasteiger partial charge in [0.25, 0.3) is 5.91 Å². The van der Waals surface area contributed by atoms with E-state index >= 15 is 0 Å². The number of halogens is 1. The minimum Gasteiger partial charge on any atom is -0.327 e. The monoisotopic (exact) mass is 435 g/mol. The van der Waals surface area contributed by atoms with Crippen LogP contribution in [0, 0.1) is 11.3 Å². The molecular weight excluding hydrogens is 414 g/mol. The van der Waals surface area contributed by atoms with E-state index < -0.39 is 6.04 Å². The van der Waals surface area contributed by atoms with Crippen LogP contribution in [-0.4, -0.2) is 34.7 Å². The first kappa shape index (κ1) is 21.1. The van der Waals surface area contributed by atoms with Crippen molar-refractivity contribution >= 4 is 35.0 Å². The topological polar surface area (TPSA) is 81.5 Å². The van der Waals surface area contributed by atoms with Gasteiger partial charge in [0, 0.05) is 11.1 Å². The van der Waals surface area contributed by atoms with E-state index in [1.807, 2.05) is 6.07 Å². The van der Waals surface area contributed by atoms with E-state index in [0.29, 0.717) is 16.3 Å². The van der Waals surface area contributed by atoms with E-state index in [2.05, 4.69) is 0 Å². The highest BCUT2D eigenvalue weighted by Crippen LogP contribution is 2.32. The third kappa shape index (κ3) is 4.33.